The molecule has 0 saturated carbocycles. The number of aromatic carboxylic acids is 1. The highest BCUT2D eigenvalue weighted by Gasteiger charge is 2.32. The van der Waals surface area contributed by atoms with Crippen LogP contribution in [0.25, 0.3) is 0 Å². The van der Waals surface area contributed by atoms with Crippen LogP contribution in [0.5, 0.6) is 0 Å². The molecule has 1 aliphatic rings. The molecule has 1 atom stereocenters. The molecule has 2 rings (SSSR count). The second-order valence-corrected chi connectivity index (χ2v) is 5.77. The number of nitrogens with zero attached hydrogens (tertiary/aromatic N) is 1. The number of benzene rings is 1. The average Bonchev–Trinajstić information content (AvgIpc) is 2.61. The fourth-order valence-corrected chi connectivity index (χ4v) is 2.60. The number of rotatable bonds is 2. The molecule has 0 aliphatic carbocycles. The summed E-state index contributed by atoms with van der Waals surface area (Å²) in [5.74, 6) is -1.32. The Kier molecular flexibility index (Phi) is 3.84. The molecular formula is C11H8BrCl2NO3. The molecule has 96 valence electrons. The van der Waals surface area contributed by atoms with Gasteiger partial charge in [-0.1, -0.05) is 11.6 Å². The van der Waals surface area contributed by atoms with E-state index in [4.69, 9.17) is 28.3 Å². The van der Waals surface area contributed by atoms with Gasteiger partial charge in [-0.2, -0.15) is 0 Å². The topological polar surface area (TPSA) is 57.6 Å². The van der Waals surface area contributed by atoms with Gasteiger partial charge in [0.15, 0.2) is 0 Å². The Morgan fingerprint density at radius 3 is 2.67 bits per heavy atom. The predicted molar refractivity (Wildman–Crippen MR) is 72.7 cm³/mol. The zero-order valence-electron chi connectivity index (χ0n) is 8.99. The average molecular weight is 353 g/mol. The van der Waals surface area contributed by atoms with Crippen LogP contribution in [0.4, 0.5) is 5.69 Å². The van der Waals surface area contributed by atoms with E-state index in [1.807, 2.05) is 0 Å². The zero-order valence-corrected chi connectivity index (χ0v) is 12.1. The molecule has 1 aromatic carbocycles. The van der Waals surface area contributed by atoms with Crippen LogP contribution in [0.15, 0.2) is 16.6 Å². The lowest BCUT2D eigenvalue weighted by atomic mass is 10.1. The summed E-state index contributed by atoms with van der Waals surface area (Å²) in [5.41, 5.74) is 0.300. The normalized spacial score (nSPS) is 19.4. The van der Waals surface area contributed by atoms with Crippen molar-refractivity contribution in [3.05, 3.63) is 27.2 Å². The zero-order chi connectivity index (χ0) is 13.4. The number of carbonyl (C=O) groups is 2. The predicted octanol–water partition coefficient (Wildman–Crippen LogP) is 3.14. The van der Waals surface area contributed by atoms with Crippen LogP contribution < -0.4 is 4.90 Å². The fraction of sp³-hybridized carbons (Fsp3) is 0.273. The van der Waals surface area contributed by atoms with Crippen LogP contribution in [0.2, 0.25) is 5.02 Å². The Bertz CT molecular complexity index is 535. The van der Waals surface area contributed by atoms with E-state index in [-0.39, 0.29) is 29.0 Å². The number of carbonyl (C=O) groups excluding carboxylic acids is 1. The highest BCUT2D eigenvalue weighted by molar-refractivity contribution is 9.10. The standard InChI is InChI=1S/C11H8BrCl2NO3/c12-7-2-6(11(17)18)9(3-8(7)14)15-4-5(13)1-10(15)16/h2-3,5H,1,4H2,(H,17,18). The quantitative estimate of drug-likeness (QED) is 0.832. The second-order valence-electron chi connectivity index (χ2n) is 3.89. The van der Waals surface area contributed by atoms with Crippen molar-refractivity contribution in [1.29, 1.82) is 0 Å². The van der Waals surface area contributed by atoms with Crippen molar-refractivity contribution in [1.82, 2.24) is 0 Å². The van der Waals surface area contributed by atoms with Gasteiger partial charge in [-0.05, 0) is 28.1 Å². The van der Waals surface area contributed by atoms with Gasteiger partial charge < -0.3 is 10.0 Å². The Hall–Kier alpha value is -0.780. The van der Waals surface area contributed by atoms with E-state index < -0.39 is 5.97 Å². The molecule has 0 aromatic heterocycles. The largest absolute Gasteiger partial charge is 0.478 e. The third-order valence-electron chi connectivity index (χ3n) is 2.64. The van der Waals surface area contributed by atoms with Gasteiger partial charge in [-0.3, -0.25) is 4.79 Å². The molecule has 1 heterocycles. The minimum atomic E-state index is -1.12. The number of hydrogen-bond acceptors (Lipinski definition) is 2. The molecule has 1 fully saturated rings. The highest BCUT2D eigenvalue weighted by atomic mass is 79.9. The van der Waals surface area contributed by atoms with Crippen molar-refractivity contribution in [2.75, 3.05) is 11.4 Å². The molecule has 0 spiro atoms. The summed E-state index contributed by atoms with van der Waals surface area (Å²) in [6, 6.07) is 2.84. The number of hydrogen-bond donors (Lipinski definition) is 1. The lowest BCUT2D eigenvalue weighted by Crippen LogP contribution is -2.26. The Morgan fingerprint density at radius 2 is 2.17 bits per heavy atom. The van der Waals surface area contributed by atoms with E-state index in [9.17, 15) is 9.59 Å². The van der Waals surface area contributed by atoms with Crippen molar-refractivity contribution in [3.63, 3.8) is 0 Å². The smallest absolute Gasteiger partial charge is 0.337 e. The maximum atomic E-state index is 11.7. The van der Waals surface area contributed by atoms with Crippen molar-refractivity contribution in [3.8, 4) is 0 Å². The van der Waals surface area contributed by atoms with Gasteiger partial charge in [-0.15, -0.1) is 11.6 Å². The first-order valence-corrected chi connectivity index (χ1v) is 6.67. The first kappa shape index (κ1) is 13.6. The molecular weight excluding hydrogens is 345 g/mol. The minimum Gasteiger partial charge on any atom is -0.478 e. The number of halogens is 3. The van der Waals surface area contributed by atoms with Gasteiger partial charge in [0, 0.05) is 17.4 Å². The van der Waals surface area contributed by atoms with Crippen molar-refractivity contribution >= 4 is 56.7 Å². The molecule has 0 bridgehead atoms. The van der Waals surface area contributed by atoms with E-state index in [2.05, 4.69) is 15.9 Å². The third kappa shape index (κ3) is 2.48. The van der Waals surface area contributed by atoms with E-state index in [0.717, 1.165) is 0 Å². The maximum absolute atomic E-state index is 11.7. The van der Waals surface area contributed by atoms with E-state index in [0.29, 0.717) is 16.0 Å². The molecule has 1 amide bonds. The Labute approximate surface area is 122 Å². The maximum Gasteiger partial charge on any atom is 0.337 e. The lowest BCUT2D eigenvalue weighted by molar-refractivity contribution is -0.117. The van der Waals surface area contributed by atoms with Gasteiger partial charge in [0.1, 0.15) is 0 Å². The summed E-state index contributed by atoms with van der Waals surface area (Å²) in [6.07, 6.45) is 0.203. The molecule has 7 heteroatoms. The molecule has 18 heavy (non-hydrogen) atoms. The van der Waals surface area contributed by atoms with Crippen LogP contribution in [0, 0.1) is 0 Å². The molecule has 1 saturated heterocycles. The first-order chi connectivity index (χ1) is 8.40. The van der Waals surface area contributed by atoms with Crippen molar-refractivity contribution in [2.45, 2.75) is 11.8 Å². The summed E-state index contributed by atoms with van der Waals surface area (Å²) >= 11 is 15.0. The Balaban J connectivity index is 2.52. The van der Waals surface area contributed by atoms with Crippen LogP contribution in [0.1, 0.15) is 16.8 Å². The van der Waals surface area contributed by atoms with Gasteiger partial charge in [0.05, 0.1) is 21.7 Å². The molecule has 1 unspecified atom stereocenters. The van der Waals surface area contributed by atoms with Crippen molar-refractivity contribution < 1.29 is 14.7 Å². The minimum absolute atomic E-state index is 0.0189. The highest BCUT2D eigenvalue weighted by Crippen LogP contribution is 2.34. The summed E-state index contributed by atoms with van der Waals surface area (Å²) in [4.78, 5) is 24.3. The molecule has 1 N–H and O–H groups in total. The summed E-state index contributed by atoms with van der Waals surface area (Å²) in [7, 11) is 0. The number of carboxylic acid groups (broad SMARTS) is 1. The molecule has 1 aliphatic heterocycles. The van der Waals surface area contributed by atoms with Gasteiger partial charge in [0.2, 0.25) is 5.91 Å². The van der Waals surface area contributed by atoms with Crippen LogP contribution in [-0.2, 0) is 4.79 Å². The van der Waals surface area contributed by atoms with E-state index >= 15 is 0 Å². The van der Waals surface area contributed by atoms with Gasteiger partial charge in [-0.25, -0.2) is 4.79 Å². The van der Waals surface area contributed by atoms with Gasteiger partial charge >= 0.3 is 5.97 Å². The number of amides is 1. The first-order valence-electron chi connectivity index (χ1n) is 5.07. The molecule has 0 radical (unpaired) electrons. The lowest BCUT2D eigenvalue weighted by Gasteiger charge is -2.19. The summed E-state index contributed by atoms with van der Waals surface area (Å²) in [5, 5.41) is 9.20. The fourth-order valence-electron chi connectivity index (χ4n) is 1.83. The van der Waals surface area contributed by atoms with Crippen LogP contribution in [-0.4, -0.2) is 28.9 Å². The van der Waals surface area contributed by atoms with Crippen molar-refractivity contribution in [2.24, 2.45) is 0 Å². The monoisotopic (exact) mass is 351 g/mol. The number of alkyl halides is 1. The summed E-state index contributed by atoms with van der Waals surface area (Å²) in [6.45, 7) is 0.290. The molecule has 1 aromatic rings. The second kappa shape index (κ2) is 5.07. The SMILES string of the molecule is O=C(O)c1cc(Br)c(Cl)cc1N1CC(Cl)CC1=O. The van der Waals surface area contributed by atoms with E-state index in [1.165, 1.54) is 17.0 Å². The number of carboxylic acids is 1. The summed E-state index contributed by atoms with van der Waals surface area (Å²) < 4.78 is 0.472. The van der Waals surface area contributed by atoms with E-state index in [1.54, 1.807) is 0 Å². The number of anilines is 1. The van der Waals surface area contributed by atoms with Crippen LogP contribution in [0.3, 0.4) is 0 Å². The van der Waals surface area contributed by atoms with Crippen LogP contribution >= 0.6 is 39.1 Å². The Morgan fingerprint density at radius 1 is 1.50 bits per heavy atom. The van der Waals surface area contributed by atoms with Gasteiger partial charge in [0.25, 0.3) is 0 Å². The molecule has 4 nitrogen and oxygen atoms in total. The third-order valence-corrected chi connectivity index (χ3v) is 4.13.